The predicted molar refractivity (Wildman–Crippen MR) is 56.7 cm³/mol. The van der Waals surface area contributed by atoms with Gasteiger partial charge in [-0.25, -0.2) is 0 Å². The lowest BCUT2D eigenvalue weighted by atomic mass is 10.2. The first-order chi connectivity index (χ1) is 6.36. The summed E-state index contributed by atoms with van der Waals surface area (Å²) in [5, 5.41) is 6.22. The minimum absolute atomic E-state index is 0.869. The van der Waals surface area contributed by atoms with Crippen molar-refractivity contribution in [3.63, 3.8) is 0 Å². The highest BCUT2D eigenvalue weighted by Gasteiger charge is 1.94. The van der Waals surface area contributed by atoms with Gasteiger partial charge in [-0.2, -0.15) is 0 Å². The third-order valence-corrected chi connectivity index (χ3v) is 1.81. The number of hydrogen-bond acceptors (Lipinski definition) is 2. The first-order valence-electron chi connectivity index (χ1n) is 4.49. The van der Waals surface area contributed by atoms with Gasteiger partial charge in [0.2, 0.25) is 0 Å². The van der Waals surface area contributed by atoms with Crippen molar-refractivity contribution in [3.05, 3.63) is 41.2 Å². The Hall–Kier alpha value is -1.08. The molecule has 1 rings (SSSR count). The fourth-order valence-electron chi connectivity index (χ4n) is 1.19. The Labute approximate surface area is 79.7 Å². The van der Waals surface area contributed by atoms with Crippen LogP contribution in [0.15, 0.2) is 41.2 Å². The topological polar surface area (TPSA) is 24.1 Å². The standard InChI is InChI=1S/C11H16N2/c1-12-8-10-4-3-5-11(7-6-10)9-13-2/h3-4,6-7,12-13H,8-9H2,1-2H3. The summed E-state index contributed by atoms with van der Waals surface area (Å²) in [6.07, 6.45) is 8.28. The molecule has 13 heavy (non-hydrogen) atoms. The van der Waals surface area contributed by atoms with Gasteiger partial charge in [-0.05, 0) is 37.9 Å². The SMILES string of the molecule is CNCC1=C=CC=C(CNC)C=C1. The molecule has 0 atom stereocenters. The number of nitrogens with one attached hydrogen (secondary N) is 2. The highest BCUT2D eigenvalue weighted by atomic mass is 14.8. The van der Waals surface area contributed by atoms with E-state index in [4.69, 9.17) is 0 Å². The van der Waals surface area contributed by atoms with Crippen LogP contribution in [0, 0.1) is 0 Å². The quantitative estimate of drug-likeness (QED) is 0.624. The van der Waals surface area contributed by atoms with Crippen LogP contribution in [-0.4, -0.2) is 27.2 Å². The molecule has 0 bridgehead atoms. The molecule has 70 valence electrons. The second-order valence-electron chi connectivity index (χ2n) is 2.97. The lowest BCUT2D eigenvalue weighted by molar-refractivity contribution is 0.890. The molecule has 0 unspecified atom stereocenters. The van der Waals surface area contributed by atoms with E-state index in [9.17, 15) is 0 Å². The van der Waals surface area contributed by atoms with Crippen LogP contribution >= 0.6 is 0 Å². The highest BCUT2D eigenvalue weighted by Crippen LogP contribution is 2.04. The molecule has 0 radical (unpaired) electrons. The Kier molecular flexibility index (Phi) is 4.27. The zero-order valence-corrected chi connectivity index (χ0v) is 8.22. The molecule has 0 spiro atoms. The van der Waals surface area contributed by atoms with Crippen molar-refractivity contribution < 1.29 is 0 Å². The van der Waals surface area contributed by atoms with Crippen LogP contribution in [0.2, 0.25) is 0 Å². The molecule has 0 saturated heterocycles. The average Bonchev–Trinajstić information content (AvgIpc) is 2.33. The van der Waals surface area contributed by atoms with Gasteiger partial charge in [-0.1, -0.05) is 6.08 Å². The van der Waals surface area contributed by atoms with Crippen molar-refractivity contribution in [2.75, 3.05) is 27.2 Å². The Morgan fingerprint density at radius 3 is 2.62 bits per heavy atom. The normalized spacial score (nSPS) is 15.2. The summed E-state index contributed by atoms with van der Waals surface area (Å²) in [5.74, 6) is 0. The van der Waals surface area contributed by atoms with Crippen molar-refractivity contribution in [2.24, 2.45) is 0 Å². The molecule has 2 nitrogen and oxygen atoms in total. The number of likely N-dealkylation sites (N-methyl/N-ethyl adjacent to an activating group) is 2. The first-order valence-corrected chi connectivity index (χ1v) is 4.49. The molecule has 0 heterocycles. The van der Waals surface area contributed by atoms with Crippen LogP contribution in [0.4, 0.5) is 0 Å². The van der Waals surface area contributed by atoms with Crippen molar-refractivity contribution in [3.8, 4) is 0 Å². The number of hydrogen-bond donors (Lipinski definition) is 2. The van der Waals surface area contributed by atoms with E-state index in [1.165, 1.54) is 11.1 Å². The van der Waals surface area contributed by atoms with Crippen LogP contribution in [0.3, 0.4) is 0 Å². The summed E-state index contributed by atoms with van der Waals surface area (Å²) < 4.78 is 0. The molecule has 1 aliphatic carbocycles. The van der Waals surface area contributed by atoms with E-state index < -0.39 is 0 Å². The molecule has 2 heteroatoms. The van der Waals surface area contributed by atoms with Crippen molar-refractivity contribution in [1.29, 1.82) is 0 Å². The van der Waals surface area contributed by atoms with E-state index in [-0.39, 0.29) is 0 Å². The molecule has 0 aromatic carbocycles. The van der Waals surface area contributed by atoms with Gasteiger partial charge in [-0.15, -0.1) is 5.73 Å². The van der Waals surface area contributed by atoms with E-state index in [1.807, 2.05) is 20.2 Å². The molecule has 1 aliphatic rings. The van der Waals surface area contributed by atoms with Gasteiger partial charge < -0.3 is 10.6 Å². The highest BCUT2D eigenvalue weighted by molar-refractivity contribution is 5.35. The zero-order chi connectivity index (χ0) is 9.52. The molecule has 0 fully saturated rings. The van der Waals surface area contributed by atoms with E-state index >= 15 is 0 Å². The van der Waals surface area contributed by atoms with E-state index in [0.717, 1.165) is 13.1 Å². The maximum Gasteiger partial charge on any atom is 0.0275 e. The summed E-state index contributed by atoms with van der Waals surface area (Å²) >= 11 is 0. The Balaban J connectivity index is 2.63. The maximum absolute atomic E-state index is 3.21. The molecule has 0 saturated carbocycles. The maximum atomic E-state index is 3.21. The van der Waals surface area contributed by atoms with E-state index in [2.05, 4.69) is 34.6 Å². The van der Waals surface area contributed by atoms with Gasteiger partial charge in [0.15, 0.2) is 0 Å². The Morgan fingerprint density at radius 1 is 1.15 bits per heavy atom. The second-order valence-corrected chi connectivity index (χ2v) is 2.97. The minimum Gasteiger partial charge on any atom is -0.316 e. The lowest BCUT2D eigenvalue weighted by Crippen LogP contribution is -2.09. The summed E-state index contributed by atoms with van der Waals surface area (Å²) in [6, 6.07) is 0. The molecule has 0 aliphatic heterocycles. The van der Waals surface area contributed by atoms with Crippen molar-refractivity contribution >= 4 is 0 Å². The van der Waals surface area contributed by atoms with Gasteiger partial charge >= 0.3 is 0 Å². The first kappa shape index (κ1) is 10.0. The fraction of sp³-hybridized carbons (Fsp3) is 0.364. The number of rotatable bonds is 4. The fourth-order valence-corrected chi connectivity index (χ4v) is 1.19. The monoisotopic (exact) mass is 176 g/mol. The Bertz CT molecular complexity index is 278. The van der Waals surface area contributed by atoms with Crippen LogP contribution < -0.4 is 10.6 Å². The molecular weight excluding hydrogens is 160 g/mol. The van der Waals surface area contributed by atoms with Crippen LogP contribution in [-0.2, 0) is 0 Å². The Morgan fingerprint density at radius 2 is 1.92 bits per heavy atom. The molecule has 0 aromatic heterocycles. The molecule has 2 N–H and O–H groups in total. The van der Waals surface area contributed by atoms with E-state index in [0.29, 0.717) is 0 Å². The summed E-state index contributed by atoms with van der Waals surface area (Å²) in [7, 11) is 3.89. The van der Waals surface area contributed by atoms with E-state index in [1.54, 1.807) is 0 Å². The van der Waals surface area contributed by atoms with Gasteiger partial charge in [-0.3, -0.25) is 0 Å². The number of allylic oxidation sites excluding steroid dienone is 1. The van der Waals surface area contributed by atoms with Gasteiger partial charge in [0.25, 0.3) is 0 Å². The lowest BCUT2D eigenvalue weighted by Gasteiger charge is -1.98. The third-order valence-electron chi connectivity index (χ3n) is 1.81. The summed E-state index contributed by atoms with van der Waals surface area (Å²) in [5.41, 5.74) is 5.67. The van der Waals surface area contributed by atoms with Crippen molar-refractivity contribution in [1.82, 2.24) is 10.6 Å². The van der Waals surface area contributed by atoms with Crippen LogP contribution in [0.25, 0.3) is 0 Å². The van der Waals surface area contributed by atoms with Gasteiger partial charge in [0.1, 0.15) is 0 Å². The van der Waals surface area contributed by atoms with Crippen molar-refractivity contribution in [2.45, 2.75) is 0 Å². The summed E-state index contributed by atoms with van der Waals surface area (Å²) in [4.78, 5) is 0. The van der Waals surface area contributed by atoms with Crippen LogP contribution in [0.1, 0.15) is 0 Å². The molecule has 0 amide bonds. The smallest absolute Gasteiger partial charge is 0.0275 e. The zero-order valence-electron chi connectivity index (χ0n) is 8.22. The third kappa shape index (κ3) is 3.43. The predicted octanol–water partition coefficient (Wildman–Crippen LogP) is 1.00. The second kappa shape index (κ2) is 5.55. The molecule has 0 aromatic rings. The van der Waals surface area contributed by atoms with Crippen LogP contribution in [0.5, 0.6) is 0 Å². The van der Waals surface area contributed by atoms with Gasteiger partial charge in [0.05, 0.1) is 0 Å². The molecular formula is C11H16N2. The van der Waals surface area contributed by atoms with Gasteiger partial charge in [0, 0.05) is 18.7 Å². The minimum atomic E-state index is 0.869. The summed E-state index contributed by atoms with van der Waals surface area (Å²) in [6.45, 7) is 1.77. The average molecular weight is 176 g/mol. The largest absolute Gasteiger partial charge is 0.316 e.